The zero-order valence-corrected chi connectivity index (χ0v) is 17.6. The zero-order chi connectivity index (χ0) is 20.6. The molecule has 1 atom stereocenters. The first kappa shape index (κ1) is 21.6. The molecule has 0 fully saturated rings. The largest absolute Gasteiger partial charge is 0.466 e. The highest BCUT2D eigenvalue weighted by atomic mass is 35.5. The van der Waals surface area contributed by atoms with Gasteiger partial charge in [0.15, 0.2) is 0 Å². The molecule has 1 N–H and O–H groups in total. The quantitative estimate of drug-likeness (QED) is 0.487. The van der Waals surface area contributed by atoms with Crippen molar-refractivity contribution in [2.75, 3.05) is 26.8 Å². The van der Waals surface area contributed by atoms with E-state index in [4.69, 9.17) is 11.6 Å². The van der Waals surface area contributed by atoms with Crippen molar-refractivity contribution in [2.24, 2.45) is 0 Å². The molecule has 0 bridgehead atoms. The monoisotopic (exact) mass is 413 g/mol. The predicted octanol–water partition coefficient (Wildman–Crippen LogP) is 4.44. The fourth-order valence-electron chi connectivity index (χ4n) is 3.99. The van der Waals surface area contributed by atoms with Gasteiger partial charge in [-0.3, -0.25) is 4.90 Å². The predicted molar refractivity (Wildman–Crippen MR) is 117 cm³/mol. The molecule has 0 aliphatic heterocycles. The molecule has 0 spiro atoms. The van der Waals surface area contributed by atoms with E-state index in [-0.39, 0.29) is 12.6 Å². The Morgan fingerprint density at radius 1 is 1.28 bits per heavy atom. The minimum absolute atomic E-state index is 0.194. The summed E-state index contributed by atoms with van der Waals surface area (Å²) in [6.45, 7) is 1.95. The molecule has 0 radical (unpaired) electrons. The SMILES string of the molecule is COC(=O)C=Cc1ccc2c(c1)CCC2N(CCCO)CCc1ccccc1Cl. The van der Waals surface area contributed by atoms with Crippen molar-refractivity contribution in [1.29, 1.82) is 0 Å². The number of hydrogen-bond acceptors (Lipinski definition) is 4. The Morgan fingerprint density at radius 2 is 2.10 bits per heavy atom. The summed E-state index contributed by atoms with van der Waals surface area (Å²) < 4.78 is 4.66. The van der Waals surface area contributed by atoms with Crippen molar-refractivity contribution in [2.45, 2.75) is 31.7 Å². The highest BCUT2D eigenvalue weighted by molar-refractivity contribution is 6.31. The number of rotatable bonds is 9. The van der Waals surface area contributed by atoms with E-state index in [2.05, 4.69) is 33.9 Å². The average Bonchev–Trinajstić information content (AvgIpc) is 3.16. The van der Waals surface area contributed by atoms with Gasteiger partial charge < -0.3 is 9.84 Å². The van der Waals surface area contributed by atoms with E-state index in [9.17, 15) is 9.90 Å². The molecular formula is C24H28ClNO3. The molecular weight excluding hydrogens is 386 g/mol. The van der Waals surface area contributed by atoms with Crippen molar-refractivity contribution < 1.29 is 14.6 Å². The first-order valence-corrected chi connectivity index (χ1v) is 10.5. The molecule has 5 heteroatoms. The molecule has 0 saturated carbocycles. The molecule has 1 aliphatic rings. The summed E-state index contributed by atoms with van der Waals surface area (Å²) in [4.78, 5) is 13.8. The lowest BCUT2D eigenvalue weighted by Gasteiger charge is -2.30. The number of methoxy groups -OCH3 is 1. The first-order valence-electron chi connectivity index (χ1n) is 10.1. The number of ether oxygens (including phenoxy) is 1. The third-order valence-electron chi connectivity index (χ3n) is 5.50. The minimum atomic E-state index is -0.349. The van der Waals surface area contributed by atoms with Gasteiger partial charge >= 0.3 is 5.97 Å². The average molecular weight is 414 g/mol. The lowest BCUT2D eigenvalue weighted by Crippen LogP contribution is -2.31. The number of aryl methyl sites for hydroxylation is 1. The van der Waals surface area contributed by atoms with Gasteiger partial charge in [-0.25, -0.2) is 4.79 Å². The third-order valence-corrected chi connectivity index (χ3v) is 5.87. The molecule has 2 aromatic carbocycles. The van der Waals surface area contributed by atoms with Gasteiger partial charge in [0.2, 0.25) is 0 Å². The second-order valence-electron chi connectivity index (χ2n) is 7.32. The van der Waals surface area contributed by atoms with Gasteiger partial charge in [0, 0.05) is 36.8 Å². The van der Waals surface area contributed by atoms with Crippen LogP contribution in [0.2, 0.25) is 5.02 Å². The zero-order valence-electron chi connectivity index (χ0n) is 16.8. The van der Waals surface area contributed by atoms with Crippen LogP contribution in [0.4, 0.5) is 0 Å². The highest BCUT2D eigenvalue weighted by Crippen LogP contribution is 2.36. The Balaban J connectivity index is 1.74. The van der Waals surface area contributed by atoms with E-state index >= 15 is 0 Å². The van der Waals surface area contributed by atoms with Gasteiger partial charge in [0.05, 0.1) is 7.11 Å². The van der Waals surface area contributed by atoms with Crippen LogP contribution in [0.1, 0.15) is 41.1 Å². The topological polar surface area (TPSA) is 49.8 Å². The fourth-order valence-corrected chi connectivity index (χ4v) is 4.22. The summed E-state index contributed by atoms with van der Waals surface area (Å²) >= 11 is 6.33. The van der Waals surface area contributed by atoms with E-state index < -0.39 is 0 Å². The van der Waals surface area contributed by atoms with Gasteiger partial charge in [0.1, 0.15) is 0 Å². The van der Waals surface area contributed by atoms with Crippen LogP contribution < -0.4 is 0 Å². The van der Waals surface area contributed by atoms with Crippen LogP contribution in [-0.2, 0) is 22.4 Å². The van der Waals surface area contributed by atoms with Crippen LogP contribution in [0.25, 0.3) is 6.08 Å². The number of esters is 1. The van der Waals surface area contributed by atoms with Crippen LogP contribution in [0.3, 0.4) is 0 Å². The Kier molecular flexibility index (Phi) is 7.87. The smallest absolute Gasteiger partial charge is 0.330 e. The first-order chi connectivity index (χ1) is 14.1. The van der Waals surface area contributed by atoms with Crippen molar-refractivity contribution in [3.63, 3.8) is 0 Å². The maximum Gasteiger partial charge on any atom is 0.330 e. The van der Waals surface area contributed by atoms with Crippen molar-refractivity contribution in [3.05, 3.63) is 75.8 Å². The number of nitrogens with zero attached hydrogens (tertiary/aromatic N) is 1. The summed E-state index contributed by atoms with van der Waals surface area (Å²) in [5.41, 5.74) is 4.84. The summed E-state index contributed by atoms with van der Waals surface area (Å²) in [6.07, 6.45) is 6.96. The van der Waals surface area contributed by atoms with Gasteiger partial charge in [-0.15, -0.1) is 0 Å². The lowest BCUT2D eigenvalue weighted by atomic mass is 10.0. The molecule has 0 heterocycles. The van der Waals surface area contributed by atoms with Crippen LogP contribution in [0.15, 0.2) is 48.5 Å². The number of halogens is 1. The Labute approximate surface area is 177 Å². The highest BCUT2D eigenvalue weighted by Gasteiger charge is 2.27. The molecule has 0 saturated heterocycles. The maximum absolute atomic E-state index is 11.3. The normalized spacial score (nSPS) is 15.8. The number of aliphatic hydroxyl groups excluding tert-OH is 1. The molecule has 1 unspecified atom stereocenters. The molecule has 154 valence electrons. The number of fused-ring (bicyclic) bond motifs is 1. The van der Waals surface area contributed by atoms with Crippen molar-refractivity contribution in [1.82, 2.24) is 4.90 Å². The Bertz CT molecular complexity index is 865. The molecule has 1 aliphatic carbocycles. The maximum atomic E-state index is 11.3. The second kappa shape index (κ2) is 10.6. The molecule has 0 aromatic heterocycles. The summed E-state index contributed by atoms with van der Waals surface area (Å²) in [5.74, 6) is -0.349. The van der Waals surface area contributed by atoms with Crippen molar-refractivity contribution in [3.8, 4) is 0 Å². The number of carbonyl (C=O) groups excluding carboxylic acids is 1. The van der Waals surface area contributed by atoms with Crippen LogP contribution in [0.5, 0.6) is 0 Å². The van der Waals surface area contributed by atoms with Crippen LogP contribution in [-0.4, -0.2) is 42.8 Å². The second-order valence-corrected chi connectivity index (χ2v) is 7.73. The molecule has 29 heavy (non-hydrogen) atoms. The minimum Gasteiger partial charge on any atom is -0.466 e. The Hall–Kier alpha value is -2.14. The van der Waals surface area contributed by atoms with Crippen LogP contribution in [0, 0.1) is 0 Å². The van der Waals surface area contributed by atoms with E-state index in [1.54, 1.807) is 6.08 Å². The number of carbonyl (C=O) groups is 1. The molecule has 2 aromatic rings. The third kappa shape index (κ3) is 5.69. The number of hydrogen-bond donors (Lipinski definition) is 1. The fraction of sp³-hybridized carbons (Fsp3) is 0.375. The van der Waals surface area contributed by atoms with E-state index in [1.165, 1.54) is 24.3 Å². The van der Waals surface area contributed by atoms with E-state index in [0.717, 1.165) is 54.9 Å². The van der Waals surface area contributed by atoms with Crippen LogP contribution >= 0.6 is 11.6 Å². The van der Waals surface area contributed by atoms with Gasteiger partial charge in [-0.05, 0) is 60.1 Å². The van der Waals surface area contributed by atoms with Gasteiger partial charge in [-0.1, -0.05) is 48.0 Å². The Morgan fingerprint density at radius 3 is 2.86 bits per heavy atom. The van der Waals surface area contributed by atoms with Gasteiger partial charge in [-0.2, -0.15) is 0 Å². The summed E-state index contributed by atoms with van der Waals surface area (Å²) in [7, 11) is 1.38. The molecule has 0 amide bonds. The van der Waals surface area contributed by atoms with E-state index in [0.29, 0.717) is 6.04 Å². The standard InChI is InChI=1S/C24H28ClNO3/c1-29-24(28)12-8-18-7-10-21-20(17-18)9-11-23(21)26(14-4-16-27)15-13-19-5-2-3-6-22(19)25/h2-3,5-8,10,12,17,23,27H,4,9,11,13-16H2,1H3. The lowest BCUT2D eigenvalue weighted by molar-refractivity contribution is -0.134. The van der Waals surface area contributed by atoms with Crippen molar-refractivity contribution >= 4 is 23.6 Å². The number of benzene rings is 2. The molecule has 3 rings (SSSR count). The number of aliphatic hydroxyl groups is 1. The summed E-state index contributed by atoms with van der Waals surface area (Å²) in [6, 6.07) is 14.7. The van der Waals surface area contributed by atoms with Gasteiger partial charge in [0.25, 0.3) is 0 Å². The van der Waals surface area contributed by atoms with E-state index in [1.807, 2.05) is 18.2 Å². The summed E-state index contributed by atoms with van der Waals surface area (Å²) in [5, 5.41) is 10.2. The molecule has 4 nitrogen and oxygen atoms in total.